The van der Waals surface area contributed by atoms with Gasteiger partial charge in [-0.05, 0) is 25.8 Å². The zero-order chi connectivity index (χ0) is 17.5. The van der Waals surface area contributed by atoms with E-state index < -0.39 is 5.97 Å². The van der Waals surface area contributed by atoms with Gasteiger partial charge >= 0.3 is 12.0 Å². The quantitative estimate of drug-likeness (QED) is 0.625. The molecule has 0 atom stereocenters. The van der Waals surface area contributed by atoms with Gasteiger partial charge in [-0.25, -0.2) is 4.79 Å². The lowest BCUT2D eigenvalue weighted by Gasteiger charge is -2.42. The molecule has 2 rings (SSSR count). The van der Waals surface area contributed by atoms with Crippen molar-refractivity contribution >= 4 is 28.5 Å². The third-order valence-corrected chi connectivity index (χ3v) is 5.04. The van der Waals surface area contributed by atoms with E-state index in [9.17, 15) is 9.59 Å². The number of amides is 2. The molecular weight excluding hydrogens is 330 g/mol. The number of urea groups is 1. The second-order valence-corrected chi connectivity index (χ2v) is 7.04. The first-order chi connectivity index (χ1) is 11.5. The van der Waals surface area contributed by atoms with E-state index in [0.29, 0.717) is 11.7 Å². The molecule has 0 spiro atoms. The maximum Gasteiger partial charge on any atom is 0.321 e. The number of nitrogens with zero attached hydrogens (tertiary/aromatic N) is 3. The largest absolute Gasteiger partial charge is 0.480 e. The maximum absolute atomic E-state index is 12.0. The van der Waals surface area contributed by atoms with E-state index in [1.807, 2.05) is 11.8 Å². The molecule has 0 aliphatic heterocycles. The molecule has 2 amide bonds. The summed E-state index contributed by atoms with van der Waals surface area (Å²) in [4.78, 5) is 24.7. The van der Waals surface area contributed by atoms with Crippen molar-refractivity contribution in [3.05, 3.63) is 5.01 Å². The molecule has 134 valence electrons. The standard InChI is InChI=1S/C15H25N5O3S/c1-3-5-6-12-18-19-15(24-12)17-14(23)16-10-7-11(8-10)20(4-2)9-13(21)22/h10-11H,3-9H2,1-2H3,(H,21,22)(H2,16,17,19,23). The molecule has 8 nitrogen and oxygen atoms in total. The van der Waals surface area contributed by atoms with E-state index in [-0.39, 0.29) is 24.7 Å². The van der Waals surface area contributed by atoms with Crippen LogP contribution in [0, 0.1) is 0 Å². The average molecular weight is 355 g/mol. The fourth-order valence-corrected chi connectivity index (χ4v) is 3.51. The third-order valence-electron chi connectivity index (χ3n) is 4.14. The number of hydrogen-bond donors (Lipinski definition) is 3. The molecule has 3 N–H and O–H groups in total. The van der Waals surface area contributed by atoms with Crippen LogP contribution in [0.4, 0.5) is 9.93 Å². The molecule has 1 aliphatic rings. The molecule has 0 radical (unpaired) electrons. The van der Waals surface area contributed by atoms with Crippen molar-refractivity contribution in [1.29, 1.82) is 0 Å². The molecular formula is C15H25N5O3S. The Hall–Kier alpha value is -1.74. The minimum Gasteiger partial charge on any atom is -0.480 e. The number of likely N-dealkylation sites (N-methyl/N-ethyl adjacent to an activating group) is 1. The predicted octanol–water partition coefficient (Wildman–Crippen LogP) is 1.94. The molecule has 0 bridgehead atoms. The number of rotatable bonds is 9. The van der Waals surface area contributed by atoms with Crippen LogP contribution in [0.2, 0.25) is 0 Å². The van der Waals surface area contributed by atoms with Crippen molar-refractivity contribution in [3.63, 3.8) is 0 Å². The molecule has 1 aromatic rings. The van der Waals surface area contributed by atoms with E-state index in [2.05, 4.69) is 27.8 Å². The van der Waals surface area contributed by atoms with Crippen molar-refractivity contribution in [3.8, 4) is 0 Å². The van der Waals surface area contributed by atoms with Crippen molar-refractivity contribution in [2.75, 3.05) is 18.4 Å². The van der Waals surface area contributed by atoms with Gasteiger partial charge in [0.2, 0.25) is 5.13 Å². The summed E-state index contributed by atoms with van der Waals surface area (Å²) >= 11 is 1.40. The van der Waals surface area contributed by atoms with Crippen LogP contribution in [0.15, 0.2) is 0 Å². The van der Waals surface area contributed by atoms with Crippen LogP contribution in [0.25, 0.3) is 0 Å². The number of anilines is 1. The highest BCUT2D eigenvalue weighted by Crippen LogP contribution is 2.25. The fourth-order valence-electron chi connectivity index (χ4n) is 2.73. The summed E-state index contributed by atoms with van der Waals surface area (Å²) in [6, 6.07) is 0.0156. The van der Waals surface area contributed by atoms with Crippen LogP contribution in [0.5, 0.6) is 0 Å². The van der Waals surface area contributed by atoms with Gasteiger partial charge in [-0.15, -0.1) is 10.2 Å². The second kappa shape index (κ2) is 8.93. The van der Waals surface area contributed by atoms with Gasteiger partial charge in [0, 0.05) is 18.5 Å². The third kappa shape index (κ3) is 5.41. The molecule has 9 heteroatoms. The maximum atomic E-state index is 12.0. The molecule has 1 fully saturated rings. The smallest absolute Gasteiger partial charge is 0.321 e. The number of carbonyl (C=O) groups is 2. The number of aliphatic carboxylic acids is 1. The lowest BCUT2D eigenvalue weighted by atomic mass is 9.85. The lowest BCUT2D eigenvalue weighted by Crippen LogP contribution is -2.55. The van der Waals surface area contributed by atoms with Crippen molar-refractivity contribution in [2.24, 2.45) is 0 Å². The fraction of sp³-hybridized carbons (Fsp3) is 0.733. The number of carbonyl (C=O) groups excluding carboxylic acids is 1. The SMILES string of the molecule is CCCCc1nnc(NC(=O)NC2CC(N(CC)CC(=O)O)C2)s1. The van der Waals surface area contributed by atoms with Gasteiger partial charge in [-0.1, -0.05) is 31.6 Å². The number of nitrogens with one attached hydrogen (secondary N) is 2. The predicted molar refractivity (Wildman–Crippen MR) is 92.4 cm³/mol. The highest BCUT2D eigenvalue weighted by atomic mass is 32.1. The molecule has 0 unspecified atom stereocenters. The lowest BCUT2D eigenvalue weighted by molar-refractivity contribution is -0.139. The molecule has 1 saturated carbocycles. The number of unbranched alkanes of at least 4 members (excludes halogenated alkanes) is 1. The summed E-state index contributed by atoms with van der Waals surface area (Å²) in [5, 5.41) is 24.0. The van der Waals surface area contributed by atoms with Gasteiger partial charge < -0.3 is 10.4 Å². The molecule has 24 heavy (non-hydrogen) atoms. The van der Waals surface area contributed by atoms with E-state index in [4.69, 9.17) is 5.11 Å². The Kier molecular flexibility index (Phi) is 6.92. The number of aromatic nitrogens is 2. The van der Waals surface area contributed by atoms with Gasteiger partial charge in [0.25, 0.3) is 0 Å². The minimum absolute atomic E-state index is 0.0470. The highest BCUT2D eigenvalue weighted by Gasteiger charge is 2.34. The van der Waals surface area contributed by atoms with Crippen molar-refractivity contribution in [2.45, 2.75) is 58.0 Å². The van der Waals surface area contributed by atoms with Crippen LogP contribution in [0.3, 0.4) is 0 Å². The van der Waals surface area contributed by atoms with E-state index in [0.717, 1.165) is 37.1 Å². The Balaban J connectivity index is 1.70. The van der Waals surface area contributed by atoms with Crippen molar-refractivity contribution < 1.29 is 14.7 Å². The summed E-state index contributed by atoms with van der Waals surface area (Å²) in [6.45, 7) is 4.81. The zero-order valence-corrected chi connectivity index (χ0v) is 14.9. The van der Waals surface area contributed by atoms with E-state index in [1.54, 1.807) is 0 Å². The number of hydrogen-bond acceptors (Lipinski definition) is 6. The number of aryl methyl sites for hydroxylation is 1. The van der Waals surface area contributed by atoms with Crippen LogP contribution >= 0.6 is 11.3 Å². The Morgan fingerprint density at radius 3 is 2.71 bits per heavy atom. The van der Waals surface area contributed by atoms with E-state index >= 15 is 0 Å². The van der Waals surface area contributed by atoms with Crippen LogP contribution < -0.4 is 10.6 Å². The Bertz CT molecular complexity index is 559. The minimum atomic E-state index is -0.818. The second-order valence-electron chi connectivity index (χ2n) is 5.98. The Morgan fingerprint density at radius 1 is 1.33 bits per heavy atom. The molecule has 1 aromatic heterocycles. The molecule has 1 aliphatic carbocycles. The monoisotopic (exact) mass is 355 g/mol. The topological polar surface area (TPSA) is 107 Å². The van der Waals surface area contributed by atoms with Gasteiger partial charge in [-0.3, -0.25) is 15.0 Å². The summed E-state index contributed by atoms with van der Waals surface area (Å²) in [6.07, 6.45) is 4.59. The van der Waals surface area contributed by atoms with E-state index in [1.165, 1.54) is 11.3 Å². The summed E-state index contributed by atoms with van der Waals surface area (Å²) in [5.41, 5.74) is 0. The van der Waals surface area contributed by atoms with Gasteiger partial charge in [0.1, 0.15) is 5.01 Å². The Labute approximate surface area is 145 Å². The first kappa shape index (κ1) is 18.6. The van der Waals surface area contributed by atoms with Gasteiger partial charge in [-0.2, -0.15) is 0 Å². The van der Waals surface area contributed by atoms with Crippen LogP contribution in [-0.2, 0) is 11.2 Å². The van der Waals surface area contributed by atoms with Crippen LogP contribution in [-0.4, -0.2) is 57.4 Å². The summed E-state index contributed by atoms with van der Waals surface area (Å²) in [5.74, 6) is -0.818. The summed E-state index contributed by atoms with van der Waals surface area (Å²) < 4.78 is 0. The molecule has 0 saturated heterocycles. The van der Waals surface area contributed by atoms with Gasteiger partial charge in [0.05, 0.1) is 6.54 Å². The number of carboxylic acid groups (broad SMARTS) is 1. The molecule has 0 aromatic carbocycles. The summed E-state index contributed by atoms with van der Waals surface area (Å²) in [7, 11) is 0. The highest BCUT2D eigenvalue weighted by molar-refractivity contribution is 7.15. The first-order valence-electron chi connectivity index (χ1n) is 8.37. The van der Waals surface area contributed by atoms with Gasteiger partial charge in [0.15, 0.2) is 0 Å². The number of carboxylic acids is 1. The Morgan fingerprint density at radius 2 is 2.08 bits per heavy atom. The zero-order valence-electron chi connectivity index (χ0n) is 14.1. The first-order valence-corrected chi connectivity index (χ1v) is 9.19. The van der Waals surface area contributed by atoms with Crippen molar-refractivity contribution in [1.82, 2.24) is 20.4 Å². The normalized spacial score (nSPS) is 19.8. The molecule has 1 heterocycles. The van der Waals surface area contributed by atoms with Crippen LogP contribution in [0.1, 0.15) is 44.5 Å². The average Bonchev–Trinajstić information content (AvgIpc) is 2.93.